The molecule has 1 N–H and O–H groups in total. The fraction of sp³-hybridized carbons (Fsp3) is 0.263. The number of aromatic nitrogens is 4. The molecule has 26 heavy (non-hydrogen) atoms. The highest BCUT2D eigenvalue weighted by molar-refractivity contribution is 5.95. The molecule has 134 valence electrons. The molecule has 0 spiro atoms. The van der Waals surface area contributed by atoms with Gasteiger partial charge in [-0.25, -0.2) is 9.97 Å². The minimum absolute atomic E-state index is 0.0720. The van der Waals surface area contributed by atoms with Crippen molar-refractivity contribution in [2.24, 2.45) is 0 Å². The maximum atomic E-state index is 12.6. The van der Waals surface area contributed by atoms with E-state index in [1.807, 2.05) is 38.1 Å². The Morgan fingerprint density at radius 1 is 1.35 bits per heavy atom. The van der Waals surface area contributed by atoms with Crippen LogP contribution in [0, 0.1) is 6.92 Å². The molecule has 0 aliphatic rings. The monoisotopic (exact) mass is 351 g/mol. The summed E-state index contributed by atoms with van der Waals surface area (Å²) < 4.78 is 6.84. The molecule has 0 fully saturated rings. The molecular formula is C19H21N5O2. The van der Waals surface area contributed by atoms with E-state index in [2.05, 4.69) is 20.4 Å². The second kappa shape index (κ2) is 7.77. The van der Waals surface area contributed by atoms with E-state index >= 15 is 0 Å². The third-order valence-corrected chi connectivity index (χ3v) is 4.04. The lowest BCUT2D eigenvalue weighted by Gasteiger charge is -2.14. The number of amides is 1. The summed E-state index contributed by atoms with van der Waals surface area (Å²) in [5.41, 5.74) is 3.54. The Morgan fingerprint density at radius 2 is 2.19 bits per heavy atom. The van der Waals surface area contributed by atoms with Gasteiger partial charge in [-0.05, 0) is 37.1 Å². The summed E-state index contributed by atoms with van der Waals surface area (Å²) in [6.07, 6.45) is 4.87. The van der Waals surface area contributed by atoms with E-state index in [1.54, 1.807) is 30.4 Å². The molecular weight excluding hydrogens is 330 g/mol. The molecule has 0 aliphatic carbocycles. The Hall–Kier alpha value is -3.22. The average molecular weight is 351 g/mol. The molecule has 1 aromatic carbocycles. The summed E-state index contributed by atoms with van der Waals surface area (Å²) in [6.45, 7) is 4.49. The van der Waals surface area contributed by atoms with Crippen LogP contribution in [0.15, 0.2) is 49.2 Å². The van der Waals surface area contributed by atoms with E-state index in [1.165, 1.54) is 6.33 Å². The van der Waals surface area contributed by atoms with E-state index in [4.69, 9.17) is 4.74 Å². The van der Waals surface area contributed by atoms with Crippen LogP contribution in [0.4, 0.5) is 0 Å². The van der Waals surface area contributed by atoms with Crippen molar-refractivity contribution in [3.63, 3.8) is 0 Å². The number of methoxy groups -OCH3 is 1. The summed E-state index contributed by atoms with van der Waals surface area (Å²) in [7, 11) is 1.59. The highest BCUT2D eigenvalue weighted by atomic mass is 16.5. The van der Waals surface area contributed by atoms with Crippen molar-refractivity contribution >= 4 is 5.91 Å². The first-order valence-corrected chi connectivity index (χ1v) is 8.31. The van der Waals surface area contributed by atoms with Gasteiger partial charge >= 0.3 is 0 Å². The SMILES string of the molecule is COc1cc(C)c(-c2cccc(C(=O)N[C@H](C)Cn3cncn3)c2)cn1. The number of carbonyl (C=O) groups is 1. The van der Waals surface area contributed by atoms with Crippen LogP contribution in [0.3, 0.4) is 0 Å². The minimum Gasteiger partial charge on any atom is -0.481 e. The number of rotatable bonds is 6. The molecule has 0 radical (unpaired) electrons. The van der Waals surface area contributed by atoms with Gasteiger partial charge in [-0.1, -0.05) is 12.1 Å². The van der Waals surface area contributed by atoms with Crippen LogP contribution < -0.4 is 10.1 Å². The second-order valence-corrected chi connectivity index (χ2v) is 6.11. The second-order valence-electron chi connectivity index (χ2n) is 6.11. The molecule has 0 bridgehead atoms. The van der Waals surface area contributed by atoms with Gasteiger partial charge in [0.2, 0.25) is 5.88 Å². The first-order chi connectivity index (χ1) is 12.6. The predicted molar refractivity (Wildman–Crippen MR) is 97.9 cm³/mol. The van der Waals surface area contributed by atoms with Crippen LogP contribution in [-0.2, 0) is 6.54 Å². The molecule has 3 rings (SSSR count). The van der Waals surface area contributed by atoms with Gasteiger partial charge in [0.05, 0.1) is 13.7 Å². The number of aryl methyl sites for hydroxylation is 1. The van der Waals surface area contributed by atoms with Gasteiger partial charge in [0.1, 0.15) is 12.7 Å². The number of carbonyl (C=O) groups excluding carboxylic acids is 1. The van der Waals surface area contributed by atoms with Gasteiger partial charge in [0.15, 0.2) is 0 Å². The maximum absolute atomic E-state index is 12.6. The van der Waals surface area contributed by atoms with Crippen LogP contribution in [0.5, 0.6) is 5.88 Å². The molecule has 0 saturated carbocycles. The zero-order valence-electron chi connectivity index (χ0n) is 15.0. The quantitative estimate of drug-likeness (QED) is 0.738. The van der Waals surface area contributed by atoms with Gasteiger partial charge < -0.3 is 10.1 Å². The third kappa shape index (κ3) is 4.05. The van der Waals surface area contributed by atoms with Crippen LogP contribution >= 0.6 is 0 Å². The normalized spacial score (nSPS) is 11.8. The first kappa shape index (κ1) is 17.6. The molecule has 7 nitrogen and oxygen atoms in total. The van der Waals surface area contributed by atoms with Crippen molar-refractivity contribution in [2.75, 3.05) is 7.11 Å². The summed E-state index contributed by atoms with van der Waals surface area (Å²) in [5, 5.41) is 7.03. The van der Waals surface area contributed by atoms with Crippen molar-refractivity contribution < 1.29 is 9.53 Å². The number of benzene rings is 1. The average Bonchev–Trinajstić information content (AvgIpc) is 3.14. The summed E-state index contributed by atoms with van der Waals surface area (Å²) in [6, 6.07) is 9.31. The number of nitrogens with zero attached hydrogens (tertiary/aromatic N) is 4. The highest BCUT2D eigenvalue weighted by Gasteiger charge is 2.12. The standard InChI is InChI=1S/C19H21N5O2/c1-13-7-18(26-3)21-9-17(13)15-5-4-6-16(8-15)19(25)23-14(2)10-24-12-20-11-22-24/h4-9,11-12,14H,10H2,1-3H3,(H,23,25)/t14-/m1/s1. The molecule has 0 unspecified atom stereocenters. The molecule has 1 atom stereocenters. The molecule has 3 aromatic rings. The number of hydrogen-bond donors (Lipinski definition) is 1. The topological polar surface area (TPSA) is 81.9 Å². The maximum Gasteiger partial charge on any atom is 0.251 e. The fourth-order valence-corrected chi connectivity index (χ4v) is 2.73. The lowest BCUT2D eigenvalue weighted by molar-refractivity contribution is 0.0936. The lowest BCUT2D eigenvalue weighted by Crippen LogP contribution is -2.35. The van der Waals surface area contributed by atoms with E-state index in [0.29, 0.717) is 18.0 Å². The number of pyridine rings is 1. The van der Waals surface area contributed by atoms with E-state index in [0.717, 1.165) is 16.7 Å². The third-order valence-electron chi connectivity index (χ3n) is 4.04. The van der Waals surface area contributed by atoms with Crippen LogP contribution in [0.2, 0.25) is 0 Å². The van der Waals surface area contributed by atoms with Crippen molar-refractivity contribution in [1.82, 2.24) is 25.1 Å². The molecule has 0 saturated heterocycles. The number of nitrogens with one attached hydrogen (secondary N) is 1. The first-order valence-electron chi connectivity index (χ1n) is 8.31. The smallest absolute Gasteiger partial charge is 0.251 e. The summed E-state index contributed by atoms with van der Waals surface area (Å²) in [4.78, 5) is 20.7. The number of hydrogen-bond acceptors (Lipinski definition) is 5. The van der Waals surface area contributed by atoms with E-state index in [9.17, 15) is 4.79 Å². The van der Waals surface area contributed by atoms with Gasteiger partial charge in [0, 0.05) is 29.4 Å². The Morgan fingerprint density at radius 3 is 2.88 bits per heavy atom. The van der Waals surface area contributed by atoms with Crippen LogP contribution in [-0.4, -0.2) is 38.8 Å². The highest BCUT2D eigenvalue weighted by Crippen LogP contribution is 2.25. The Kier molecular flexibility index (Phi) is 5.26. The van der Waals surface area contributed by atoms with Crippen molar-refractivity contribution in [1.29, 1.82) is 0 Å². The zero-order chi connectivity index (χ0) is 18.5. The lowest BCUT2D eigenvalue weighted by atomic mass is 10.0. The molecule has 2 heterocycles. The Labute approximate surface area is 152 Å². The summed E-state index contributed by atoms with van der Waals surface area (Å²) in [5.74, 6) is 0.445. The molecule has 0 aliphatic heterocycles. The van der Waals surface area contributed by atoms with Crippen molar-refractivity contribution in [3.05, 3.63) is 60.3 Å². The Bertz CT molecular complexity index is 893. The largest absolute Gasteiger partial charge is 0.481 e. The van der Waals surface area contributed by atoms with E-state index < -0.39 is 0 Å². The van der Waals surface area contributed by atoms with Crippen molar-refractivity contribution in [3.8, 4) is 17.0 Å². The zero-order valence-corrected chi connectivity index (χ0v) is 15.0. The van der Waals surface area contributed by atoms with Crippen LogP contribution in [0.25, 0.3) is 11.1 Å². The van der Waals surface area contributed by atoms with Gasteiger partial charge in [-0.3, -0.25) is 9.48 Å². The predicted octanol–water partition coefficient (Wildman–Crippen LogP) is 2.48. The Balaban J connectivity index is 1.75. The van der Waals surface area contributed by atoms with Gasteiger partial charge in [0.25, 0.3) is 5.91 Å². The van der Waals surface area contributed by atoms with Crippen LogP contribution in [0.1, 0.15) is 22.8 Å². The summed E-state index contributed by atoms with van der Waals surface area (Å²) >= 11 is 0. The van der Waals surface area contributed by atoms with Gasteiger partial charge in [-0.2, -0.15) is 5.10 Å². The number of ether oxygens (including phenoxy) is 1. The fourth-order valence-electron chi connectivity index (χ4n) is 2.73. The molecule has 7 heteroatoms. The van der Waals surface area contributed by atoms with Gasteiger partial charge in [-0.15, -0.1) is 0 Å². The minimum atomic E-state index is -0.126. The molecule has 1 amide bonds. The van der Waals surface area contributed by atoms with Crippen molar-refractivity contribution in [2.45, 2.75) is 26.4 Å². The molecule has 2 aromatic heterocycles. The van der Waals surface area contributed by atoms with E-state index in [-0.39, 0.29) is 11.9 Å².